The van der Waals surface area contributed by atoms with Gasteiger partial charge in [0.15, 0.2) is 5.96 Å². The lowest BCUT2D eigenvalue weighted by Gasteiger charge is -2.40. The predicted octanol–water partition coefficient (Wildman–Crippen LogP) is 4.18. The Morgan fingerprint density at radius 3 is 2.57 bits per heavy atom. The molecule has 1 atom stereocenters. The highest BCUT2D eigenvalue weighted by molar-refractivity contribution is 6.32. The number of benzene rings is 2. The molecule has 6 heteroatoms. The monoisotopic (exact) mass is 425 g/mol. The van der Waals surface area contributed by atoms with Crippen LogP contribution in [0.4, 0.5) is 0 Å². The number of nitrogens with zero attached hydrogens (tertiary/aromatic N) is 2. The maximum absolute atomic E-state index is 13.1. The first kappa shape index (κ1) is 20.9. The van der Waals surface area contributed by atoms with Crippen LogP contribution in [-0.4, -0.2) is 36.0 Å². The van der Waals surface area contributed by atoms with Crippen molar-refractivity contribution in [2.45, 2.75) is 51.1 Å². The van der Waals surface area contributed by atoms with Crippen molar-refractivity contribution in [3.05, 3.63) is 69.7 Å². The number of amides is 1. The summed E-state index contributed by atoms with van der Waals surface area (Å²) in [5.41, 5.74) is 9.87. The summed E-state index contributed by atoms with van der Waals surface area (Å²) in [6.07, 6.45) is 2.55. The number of carbonyl (C=O) groups excluding carboxylic acids is 1. The number of guanidine groups is 1. The van der Waals surface area contributed by atoms with Crippen molar-refractivity contribution in [1.82, 2.24) is 4.90 Å². The fourth-order valence-electron chi connectivity index (χ4n) is 4.49. The van der Waals surface area contributed by atoms with Crippen molar-refractivity contribution >= 4 is 23.5 Å². The number of rotatable bonds is 4. The molecule has 0 radical (unpaired) electrons. The molecule has 4 rings (SSSR count). The van der Waals surface area contributed by atoms with Gasteiger partial charge in [-0.2, -0.15) is 0 Å². The Labute approximate surface area is 182 Å². The first-order chi connectivity index (χ1) is 14.4. The first-order valence-corrected chi connectivity index (χ1v) is 10.8. The average molecular weight is 426 g/mol. The molecule has 0 aliphatic carbocycles. The Morgan fingerprint density at radius 1 is 1.17 bits per heavy atom. The Kier molecular flexibility index (Phi) is 5.85. The van der Waals surface area contributed by atoms with Crippen molar-refractivity contribution in [3.8, 4) is 0 Å². The zero-order valence-electron chi connectivity index (χ0n) is 17.5. The largest absolute Gasteiger partial charge is 0.381 e. The molecule has 0 saturated carbocycles. The molecule has 2 aromatic carbocycles. The summed E-state index contributed by atoms with van der Waals surface area (Å²) in [5, 5.41) is 0.659. The number of aryl methyl sites for hydroxylation is 1. The second-order valence-corrected chi connectivity index (χ2v) is 8.79. The molecule has 2 aliphatic rings. The van der Waals surface area contributed by atoms with Crippen LogP contribution in [0.15, 0.2) is 47.5 Å². The number of hydrogen-bond donors (Lipinski definition) is 1. The fourth-order valence-corrected chi connectivity index (χ4v) is 4.89. The molecule has 0 bridgehead atoms. The smallest absolute Gasteiger partial charge is 0.232 e. The predicted molar refractivity (Wildman–Crippen MR) is 120 cm³/mol. The van der Waals surface area contributed by atoms with Crippen LogP contribution in [0.3, 0.4) is 0 Å². The number of carbonyl (C=O) groups is 1. The SMILES string of the molecule is Cc1ccccc1Cc1cccc([C@]2(C)CC(=O)N(C3CCOCC3)C(N)=N2)c1Cl. The van der Waals surface area contributed by atoms with E-state index in [4.69, 9.17) is 27.1 Å². The van der Waals surface area contributed by atoms with Gasteiger partial charge in [0.05, 0.1) is 12.0 Å². The van der Waals surface area contributed by atoms with Gasteiger partial charge in [-0.15, -0.1) is 0 Å². The summed E-state index contributed by atoms with van der Waals surface area (Å²) in [7, 11) is 0. The van der Waals surface area contributed by atoms with Gasteiger partial charge in [-0.3, -0.25) is 9.69 Å². The van der Waals surface area contributed by atoms with Gasteiger partial charge in [-0.25, -0.2) is 4.99 Å². The second-order valence-electron chi connectivity index (χ2n) is 8.41. The Balaban J connectivity index is 1.66. The molecular weight excluding hydrogens is 398 g/mol. The number of hydrogen-bond acceptors (Lipinski definition) is 4. The summed E-state index contributed by atoms with van der Waals surface area (Å²) in [6, 6.07) is 14.3. The molecule has 0 spiro atoms. The van der Waals surface area contributed by atoms with Gasteiger partial charge in [0.2, 0.25) is 5.91 Å². The maximum atomic E-state index is 13.1. The summed E-state index contributed by atoms with van der Waals surface area (Å²) < 4.78 is 5.42. The molecule has 2 aromatic rings. The summed E-state index contributed by atoms with van der Waals surface area (Å²) in [4.78, 5) is 19.6. The zero-order chi connectivity index (χ0) is 21.3. The molecule has 2 N–H and O–H groups in total. The summed E-state index contributed by atoms with van der Waals surface area (Å²) in [6.45, 7) is 5.33. The van der Waals surface area contributed by atoms with E-state index in [1.54, 1.807) is 4.90 Å². The van der Waals surface area contributed by atoms with Crippen molar-refractivity contribution in [3.63, 3.8) is 0 Å². The number of ether oxygens (including phenoxy) is 1. The molecule has 0 aromatic heterocycles. The molecular formula is C24H28ClN3O2. The molecule has 2 aliphatic heterocycles. The minimum atomic E-state index is -0.776. The van der Waals surface area contributed by atoms with Crippen LogP contribution in [0.25, 0.3) is 0 Å². The van der Waals surface area contributed by atoms with E-state index in [-0.39, 0.29) is 24.3 Å². The van der Waals surface area contributed by atoms with Crippen molar-refractivity contribution in [2.75, 3.05) is 13.2 Å². The van der Waals surface area contributed by atoms with Gasteiger partial charge < -0.3 is 10.5 Å². The minimum absolute atomic E-state index is 0.00252. The molecule has 1 saturated heterocycles. The van der Waals surface area contributed by atoms with E-state index < -0.39 is 5.54 Å². The zero-order valence-corrected chi connectivity index (χ0v) is 18.3. The van der Waals surface area contributed by atoms with Crippen LogP contribution >= 0.6 is 11.6 Å². The highest BCUT2D eigenvalue weighted by atomic mass is 35.5. The second kappa shape index (κ2) is 8.40. The third-order valence-corrected chi connectivity index (χ3v) is 6.68. The molecule has 30 heavy (non-hydrogen) atoms. The van der Waals surface area contributed by atoms with Crippen LogP contribution in [0.2, 0.25) is 5.02 Å². The maximum Gasteiger partial charge on any atom is 0.232 e. The van der Waals surface area contributed by atoms with Crippen LogP contribution < -0.4 is 5.73 Å². The highest BCUT2D eigenvalue weighted by Crippen LogP contribution is 2.40. The topological polar surface area (TPSA) is 67.9 Å². The average Bonchev–Trinajstić information content (AvgIpc) is 2.71. The minimum Gasteiger partial charge on any atom is -0.381 e. The Hall–Kier alpha value is -2.37. The van der Waals surface area contributed by atoms with Gasteiger partial charge in [-0.05, 0) is 55.4 Å². The molecule has 5 nitrogen and oxygen atoms in total. The fraction of sp³-hybridized carbons (Fsp3) is 0.417. The van der Waals surface area contributed by atoms with Crippen molar-refractivity contribution < 1.29 is 9.53 Å². The first-order valence-electron chi connectivity index (χ1n) is 10.5. The van der Waals surface area contributed by atoms with Gasteiger partial charge in [-0.1, -0.05) is 54.1 Å². The van der Waals surface area contributed by atoms with Gasteiger partial charge in [0.1, 0.15) is 0 Å². The van der Waals surface area contributed by atoms with E-state index in [0.717, 1.165) is 30.4 Å². The normalized spacial score (nSPS) is 22.8. The summed E-state index contributed by atoms with van der Waals surface area (Å²) in [5.74, 6) is 0.276. The van der Waals surface area contributed by atoms with Crippen molar-refractivity contribution in [1.29, 1.82) is 0 Å². The molecule has 2 heterocycles. The standard InChI is InChI=1S/C24H28ClN3O2/c1-16-6-3-4-7-17(16)14-18-8-5-9-20(22(18)25)24(2)15-21(29)28(23(26)27-24)19-10-12-30-13-11-19/h3-9,19H,10-15H2,1-2H3,(H2,26,27)/t24-/m0/s1. The third-order valence-electron chi connectivity index (χ3n) is 6.23. The molecule has 1 amide bonds. The molecule has 0 unspecified atom stereocenters. The van der Waals surface area contributed by atoms with Crippen LogP contribution in [-0.2, 0) is 21.5 Å². The van der Waals surface area contributed by atoms with Crippen LogP contribution in [0, 0.1) is 6.92 Å². The number of halogens is 1. The van der Waals surface area contributed by atoms with E-state index in [1.165, 1.54) is 11.1 Å². The van der Waals surface area contributed by atoms with E-state index in [9.17, 15) is 4.79 Å². The lowest BCUT2D eigenvalue weighted by Crippen LogP contribution is -2.55. The Bertz CT molecular complexity index is 984. The van der Waals surface area contributed by atoms with Crippen LogP contribution in [0.5, 0.6) is 0 Å². The quantitative estimate of drug-likeness (QED) is 0.798. The van der Waals surface area contributed by atoms with Crippen molar-refractivity contribution in [2.24, 2.45) is 10.7 Å². The summed E-state index contributed by atoms with van der Waals surface area (Å²) >= 11 is 6.86. The van der Waals surface area contributed by atoms with Gasteiger partial charge >= 0.3 is 0 Å². The molecule has 1 fully saturated rings. The highest BCUT2D eigenvalue weighted by Gasteiger charge is 2.41. The van der Waals surface area contributed by atoms with E-state index in [2.05, 4.69) is 19.1 Å². The third kappa shape index (κ3) is 3.96. The van der Waals surface area contributed by atoms with E-state index in [0.29, 0.717) is 18.2 Å². The van der Waals surface area contributed by atoms with E-state index >= 15 is 0 Å². The van der Waals surface area contributed by atoms with Gasteiger partial charge in [0, 0.05) is 24.3 Å². The Morgan fingerprint density at radius 2 is 1.87 bits per heavy atom. The lowest BCUT2D eigenvalue weighted by atomic mass is 9.85. The van der Waals surface area contributed by atoms with Crippen LogP contribution in [0.1, 0.15) is 48.4 Å². The van der Waals surface area contributed by atoms with E-state index in [1.807, 2.05) is 37.3 Å². The number of nitrogens with two attached hydrogens (primary N) is 1. The number of aliphatic imine (C=N–C) groups is 1. The van der Waals surface area contributed by atoms with Gasteiger partial charge in [0.25, 0.3) is 0 Å². The lowest BCUT2D eigenvalue weighted by molar-refractivity contribution is -0.132. The molecule has 158 valence electrons.